The molecule has 0 atom stereocenters. The summed E-state index contributed by atoms with van der Waals surface area (Å²) in [5.74, 6) is -4.35. The van der Waals surface area contributed by atoms with Crippen LogP contribution in [0.2, 0.25) is 0 Å². The minimum Gasteiger partial charge on any atom is -0.347 e. The van der Waals surface area contributed by atoms with E-state index in [1.807, 2.05) is 6.92 Å². The number of halogens is 3. The number of hydrogen-bond acceptors (Lipinski definition) is 3. The average molecular weight is 275 g/mol. The number of anilines is 1. The van der Waals surface area contributed by atoms with Gasteiger partial charge in [-0.15, -0.1) is 0 Å². The predicted octanol–water partition coefficient (Wildman–Crippen LogP) is 1.80. The van der Waals surface area contributed by atoms with E-state index >= 15 is 0 Å². The first-order chi connectivity index (χ1) is 8.86. The molecule has 0 bridgehead atoms. The van der Waals surface area contributed by atoms with Gasteiger partial charge in [0.2, 0.25) is 5.91 Å². The summed E-state index contributed by atoms with van der Waals surface area (Å²) >= 11 is 0. The van der Waals surface area contributed by atoms with Crippen molar-refractivity contribution >= 4 is 11.7 Å². The lowest BCUT2D eigenvalue weighted by Crippen LogP contribution is -2.38. The number of pyridine rings is 1. The second kappa shape index (κ2) is 6.40. The molecule has 7 heteroatoms. The summed E-state index contributed by atoms with van der Waals surface area (Å²) in [5.41, 5.74) is 0. The number of aromatic nitrogens is 1. The summed E-state index contributed by atoms with van der Waals surface area (Å²) in [4.78, 5) is 17.5. The Morgan fingerprint density at radius 2 is 1.89 bits per heavy atom. The zero-order valence-corrected chi connectivity index (χ0v) is 11.1. The van der Waals surface area contributed by atoms with Gasteiger partial charge >= 0.3 is 0 Å². The van der Waals surface area contributed by atoms with Crippen LogP contribution in [0.15, 0.2) is 6.07 Å². The molecule has 1 aromatic rings. The van der Waals surface area contributed by atoms with Gasteiger partial charge in [-0.2, -0.15) is 9.37 Å². The Balaban J connectivity index is 3.05. The second-order valence-electron chi connectivity index (χ2n) is 4.28. The Kier molecular flexibility index (Phi) is 5.14. The number of carbonyl (C=O) groups excluding carboxylic acids is 1. The summed E-state index contributed by atoms with van der Waals surface area (Å²) in [7, 11) is 3.11. The van der Waals surface area contributed by atoms with Crippen molar-refractivity contribution in [1.29, 1.82) is 0 Å². The highest BCUT2D eigenvalue weighted by molar-refractivity contribution is 5.80. The van der Waals surface area contributed by atoms with Gasteiger partial charge in [-0.25, -0.2) is 8.78 Å². The highest BCUT2D eigenvalue weighted by Crippen LogP contribution is 2.19. The molecule has 0 aromatic carbocycles. The van der Waals surface area contributed by atoms with Crippen molar-refractivity contribution in [3.63, 3.8) is 0 Å². The topological polar surface area (TPSA) is 36.4 Å². The van der Waals surface area contributed by atoms with Crippen molar-refractivity contribution in [2.75, 3.05) is 32.1 Å². The normalized spacial score (nSPS) is 10.4. The van der Waals surface area contributed by atoms with Gasteiger partial charge < -0.3 is 9.80 Å². The van der Waals surface area contributed by atoms with E-state index in [-0.39, 0.29) is 18.3 Å². The fourth-order valence-corrected chi connectivity index (χ4v) is 1.49. The maximum atomic E-state index is 13.6. The highest BCUT2D eigenvalue weighted by Gasteiger charge is 2.20. The first kappa shape index (κ1) is 15.3. The van der Waals surface area contributed by atoms with Crippen molar-refractivity contribution < 1.29 is 18.0 Å². The van der Waals surface area contributed by atoms with Crippen LogP contribution in [0.3, 0.4) is 0 Å². The molecule has 0 fully saturated rings. The Labute approximate surface area is 109 Å². The molecule has 0 saturated carbocycles. The Bertz CT molecular complexity index is 466. The van der Waals surface area contributed by atoms with E-state index in [2.05, 4.69) is 4.98 Å². The standard InChI is InChI=1S/C12H16F3N3O/c1-4-5-18(7-10(19)17(2)3)12-9(14)6-8(13)11(15)16-12/h6H,4-5,7H2,1-3H3. The van der Waals surface area contributed by atoms with Crippen molar-refractivity contribution in [1.82, 2.24) is 9.88 Å². The molecule has 106 valence electrons. The third-order valence-corrected chi connectivity index (χ3v) is 2.49. The van der Waals surface area contributed by atoms with E-state index < -0.39 is 17.6 Å². The minimum absolute atomic E-state index is 0.143. The number of carbonyl (C=O) groups is 1. The van der Waals surface area contributed by atoms with Crippen LogP contribution in [0.1, 0.15) is 13.3 Å². The maximum absolute atomic E-state index is 13.6. The number of rotatable bonds is 5. The van der Waals surface area contributed by atoms with Gasteiger partial charge in [0.1, 0.15) is 0 Å². The second-order valence-corrected chi connectivity index (χ2v) is 4.28. The molecule has 0 unspecified atom stereocenters. The molecular formula is C12H16F3N3O. The van der Waals surface area contributed by atoms with E-state index in [1.165, 1.54) is 9.80 Å². The molecule has 0 aliphatic rings. The predicted molar refractivity (Wildman–Crippen MR) is 65.3 cm³/mol. The highest BCUT2D eigenvalue weighted by atomic mass is 19.2. The molecule has 19 heavy (non-hydrogen) atoms. The maximum Gasteiger partial charge on any atom is 0.251 e. The molecule has 1 heterocycles. The largest absolute Gasteiger partial charge is 0.347 e. The minimum atomic E-state index is -1.38. The monoisotopic (exact) mass is 275 g/mol. The van der Waals surface area contributed by atoms with Crippen LogP contribution in [-0.2, 0) is 4.79 Å². The van der Waals surface area contributed by atoms with Crippen LogP contribution in [-0.4, -0.2) is 43.0 Å². The third-order valence-electron chi connectivity index (χ3n) is 2.49. The number of amides is 1. The smallest absolute Gasteiger partial charge is 0.251 e. The molecule has 1 amide bonds. The van der Waals surface area contributed by atoms with Crippen molar-refractivity contribution in [3.05, 3.63) is 23.6 Å². The molecule has 0 radical (unpaired) electrons. The number of likely N-dealkylation sites (N-methyl/N-ethyl adjacent to an activating group) is 1. The van der Waals surface area contributed by atoms with E-state index in [1.54, 1.807) is 14.1 Å². The molecule has 1 rings (SSSR count). The van der Waals surface area contributed by atoms with E-state index in [0.717, 1.165) is 0 Å². The van der Waals surface area contributed by atoms with Gasteiger partial charge in [0.15, 0.2) is 17.5 Å². The Morgan fingerprint density at radius 3 is 2.42 bits per heavy atom. The summed E-state index contributed by atoms with van der Waals surface area (Å²) in [6.45, 7) is 2.00. The lowest BCUT2D eigenvalue weighted by atomic mass is 10.3. The fourth-order valence-electron chi connectivity index (χ4n) is 1.49. The van der Waals surface area contributed by atoms with Crippen LogP contribution in [0.4, 0.5) is 19.0 Å². The zero-order valence-electron chi connectivity index (χ0n) is 11.1. The Hall–Kier alpha value is -1.79. The van der Waals surface area contributed by atoms with Gasteiger partial charge in [-0.1, -0.05) is 6.92 Å². The third kappa shape index (κ3) is 3.84. The van der Waals surface area contributed by atoms with Crippen molar-refractivity contribution in [2.45, 2.75) is 13.3 Å². The van der Waals surface area contributed by atoms with Gasteiger partial charge in [-0.3, -0.25) is 4.79 Å². The van der Waals surface area contributed by atoms with Gasteiger partial charge in [0, 0.05) is 26.7 Å². The van der Waals surface area contributed by atoms with Crippen LogP contribution < -0.4 is 4.90 Å². The van der Waals surface area contributed by atoms with E-state index in [4.69, 9.17) is 0 Å². The molecule has 1 aromatic heterocycles. The van der Waals surface area contributed by atoms with Crippen LogP contribution >= 0.6 is 0 Å². The van der Waals surface area contributed by atoms with Crippen LogP contribution in [0.5, 0.6) is 0 Å². The Morgan fingerprint density at radius 1 is 1.26 bits per heavy atom. The molecule has 0 aliphatic carbocycles. The molecule has 4 nitrogen and oxygen atoms in total. The molecule has 0 aliphatic heterocycles. The summed E-state index contributed by atoms with van der Waals surface area (Å²) < 4.78 is 39.5. The lowest BCUT2D eigenvalue weighted by molar-refractivity contribution is -0.127. The fraction of sp³-hybridized carbons (Fsp3) is 0.500. The lowest BCUT2D eigenvalue weighted by Gasteiger charge is -2.24. The first-order valence-electron chi connectivity index (χ1n) is 5.83. The SMILES string of the molecule is CCCN(CC(=O)N(C)C)c1nc(F)c(F)cc1F. The van der Waals surface area contributed by atoms with E-state index in [0.29, 0.717) is 19.0 Å². The van der Waals surface area contributed by atoms with E-state index in [9.17, 15) is 18.0 Å². The summed E-state index contributed by atoms with van der Waals surface area (Å²) in [6, 6.07) is 0.431. The van der Waals surface area contributed by atoms with Crippen LogP contribution in [0.25, 0.3) is 0 Å². The van der Waals surface area contributed by atoms with Crippen LogP contribution in [0, 0.1) is 17.6 Å². The molecule has 0 N–H and O–H groups in total. The quantitative estimate of drug-likeness (QED) is 0.769. The van der Waals surface area contributed by atoms with Gasteiger partial charge in [-0.05, 0) is 6.42 Å². The van der Waals surface area contributed by atoms with Gasteiger partial charge in [0.25, 0.3) is 5.95 Å². The van der Waals surface area contributed by atoms with Gasteiger partial charge in [0.05, 0.1) is 6.54 Å². The average Bonchev–Trinajstić information content (AvgIpc) is 2.33. The van der Waals surface area contributed by atoms with Crippen molar-refractivity contribution in [2.24, 2.45) is 0 Å². The number of nitrogens with zero attached hydrogens (tertiary/aromatic N) is 3. The zero-order chi connectivity index (χ0) is 14.6. The molecular weight excluding hydrogens is 259 g/mol. The van der Waals surface area contributed by atoms with Crippen molar-refractivity contribution in [3.8, 4) is 0 Å². The summed E-state index contributed by atoms with van der Waals surface area (Å²) in [6.07, 6.45) is 0.612. The number of hydrogen-bond donors (Lipinski definition) is 0. The molecule has 0 spiro atoms. The summed E-state index contributed by atoms with van der Waals surface area (Å²) in [5, 5.41) is 0. The first-order valence-corrected chi connectivity index (χ1v) is 5.83. The molecule has 0 saturated heterocycles.